The van der Waals surface area contributed by atoms with Gasteiger partial charge in [0.25, 0.3) is 0 Å². The molecule has 0 aliphatic carbocycles. The van der Waals surface area contributed by atoms with Crippen molar-refractivity contribution in [1.29, 1.82) is 0 Å². The van der Waals surface area contributed by atoms with E-state index in [0.717, 1.165) is 47.5 Å². The highest BCUT2D eigenvalue weighted by molar-refractivity contribution is 5.90. The van der Waals surface area contributed by atoms with E-state index in [0.29, 0.717) is 18.8 Å². The van der Waals surface area contributed by atoms with Crippen LogP contribution in [0.5, 0.6) is 0 Å². The lowest BCUT2D eigenvalue weighted by Crippen LogP contribution is -2.34. The van der Waals surface area contributed by atoms with Crippen molar-refractivity contribution in [1.82, 2.24) is 15.1 Å². The van der Waals surface area contributed by atoms with Gasteiger partial charge in [0.05, 0.1) is 6.20 Å². The summed E-state index contributed by atoms with van der Waals surface area (Å²) < 4.78 is 13.1. The number of H-pyrrole nitrogens is 1. The van der Waals surface area contributed by atoms with Gasteiger partial charge in [-0.25, -0.2) is 4.39 Å². The zero-order valence-electron chi connectivity index (χ0n) is 19.1. The van der Waals surface area contributed by atoms with Crippen LogP contribution < -0.4 is 5.32 Å². The molecule has 6 nitrogen and oxygen atoms in total. The van der Waals surface area contributed by atoms with Crippen molar-refractivity contribution in [3.8, 4) is 11.1 Å². The predicted octanol–water partition coefficient (Wildman–Crippen LogP) is 4.55. The van der Waals surface area contributed by atoms with Gasteiger partial charge in [-0.2, -0.15) is 5.10 Å². The molecular weight excluding hydrogens is 417 g/mol. The van der Waals surface area contributed by atoms with Crippen LogP contribution in [0.3, 0.4) is 0 Å². The van der Waals surface area contributed by atoms with Gasteiger partial charge in [0.15, 0.2) is 0 Å². The van der Waals surface area contributed by atoms with Gasteiger partial charge in [-0.15, -0.1) is 0 Å². The van der Waals surface area contributed by atoms with Crippen molar-refractivity contribution in [3.05, 3.63) is 71.8 Å². The van der Waals surface area contributed by atoms with E-state index in [1.54, 1.807) is 25.4 Å². The number of aliphatic imine (C=N–C) groups is 1. The Morgan fingerprint density at radius 2 is 2.09 bits per heavy atom. The Kier molecular flexibility index (Phi) is 7.17. The number of rotatable bonds is 8. The Balaban J connectivity index is 1.33. The van der Waals surface area contributed by atoms with E-state index in [9.17, 15) is 9.18 Å². The molecule has 1 aliphatic rings. The number of carbonyl (C=O) groups is 1. The third-order valence-corrected chi connectivity index (χ3v) is 6.26. The van der Waals surface area contributed by atoms with E-state index in [2.05, 4.69) is 45.6 Å². The molecule has 0 unspecified atom stereocenters. The first-order valence-electron chi connectivity index (χ1n) is 11.4. The van der Waals surface area contributed by atoms with Crippen LogP contribution in [0.15, 0.2) is 59.9 Å². The highest BCUT2D eigenvalue weighted by Gasteiger charge is 2.31. The Labute approximate surface area is 193 Å². The van der Waals surface area contributed by atoms with Gasteiger partial charge in [0, 0.05) is 61.8 Å². The molecule has 1 fully saturated rings. The number of amides is 1. The van der Waals surface area contributed by atoms with Crippen LogP contribution >= 0.6 is 0 Å². The molecule has 3 aromatic rings. The number of nitrogens with one attached hydrogen (secondary N) is 2. The average molecular weight is 448 g/mol. The number of nitrogens with zero attached hydrogens (tertiary/aromatic N) is 3. The number of aromatic nitrogens is 2. The van der Waals surface area contributed by atoms with Crippen molar-refractivity contribution >= 4 is 17.8 Å². The summed E-state index contributed by atoms with van der Waals surface area (Å²) in [6.07, 6.45) is 7.58. The third kappa shape index (κ3) is 5.66. The number of likely N-dealkylation sites (tertiary alicyclic amines) is 1. The molecule has 0 bridgehead atoms. The van der Waals surface area contributed by atoms with Crippen molar-refractivity contribution in [2.75, 3.05) is 25.5 Å². The van der Waals surface area contributed by atoms with E-state index in [1.165, 1.54) is 12.1 Å². The van der Waals surface area contributed by atoms with E-state index in [1.807, 2.05) is 17.3 Å². The summed E-state index contributed by atoms with van der Waals surface area (Å²) in [5.74, 6) is 0.297. The highest BCUT2D eigenvalue weighted by atomic mass is 19.1. The van der Waals surface area contributed by atoms with Gasteiger partial charge in [0.2, 0.25) is 5.91 Å². The van der Waals surface area contributed by atoms with E-state index in [-0.39, 0.29) is 17.8 Å². The number of benzene rings is 2. The van der Waals surface area contributed by atoms with Crippen LogP contribution in [0.1, 0.15) is 30.9 Å². The topological polar surface area (TPSA) is 73.4 Å². The van der Waals surface area contributed by atoms with Crippen LogP contribution in [0.4, 0.5) is 10.1 Å². The Morgan fingerprint density at radius 3 is 2.82 bits per heavy atom. The lowest BCUT2D eigenvalue weighted by atomic mass is 10.0. The lowest BCUT2D eigenvalue weighted by Gasteiger charge is -2.21. The number of aromatic amines is 1. The second-order valence-electron chi connectivity index (χ2n) is 8.68. The largest absolute Gasteiger partial charge is 0.384 e. The molecule has 0 saturated carbocycles. The fourth-order valence-electron chi connectivity index (χ4n) is 4.50. The van der Waals surface area contributed by atoms with E-state index >= 15 is 0 Å². The van der Waals surface area contributed by atoms with Crippen LogP contribution in [-0.2, 0) is 11.2 Å². The summed E-state index contributed by atoms with van der Waals surface area (Å²) in [6.45, 7) is 3.66. The molecule has 1 saturated heterocycles. The van der Waals surface area contributed by atoms with E-state index < -0.39 is 0 Å². The Morgan fingerprint density at radius 1 is 1.27 bits per heavy atom. The molecule has 2 N–H and O–H groups in total. The van der Waals surface area contributed by atoms with Gasteiger partial charge < -0.3 is 10.2 Å². The molecule has 7 heteroatoms. The van der Waals surface area contributed by atoms with Gasteiger partial charge in [-0.1, -0.05) is 18.2 Å². The molecule has 0 radical (unpaired) electrons. The molecule has 4 rings (SSSR count). The highest BCUT2D eigenvalue weighted by Crippen LogP contribution is 2.27. The monoisotopic (exact) mass is 447 g/mol. The van der Waals surface area contributed by atoms with Crippen LogP contribution in [0, 0.1) is 11.7 Å². The second-order valence-corrected chi connectivity index (χ2v) is 8.68. The average Bonchev–Trinajstić information content (AvgIpc) is 3.48. The van der Waals surface area contributed by atoms with Crippen molar-refractivity contribution < 1.29 is 9.18 Å². The SMILES string of the molecule is CN=Cc1cc(-c2cn[nH]c2)ccc1NC[C@@H]1C[C@H](C)N(C(=O)CCc2ccc(F)cc2)C1. The summed E-state index contributed by atoms with van der Waals surface area (Å²) in [5.41, 5.74) is 5.15. The molecule has 2 atom stereocenters. The minimum atomic E-state index is -0.252. The Hall–Kier alpha value is -3.48. The molecule has 1 amide bonds. The summed E-state index contributed by atoms with van der Waals surface area (Å²) in [6, 6.07) is 12.8. The normalized spacial score (nSPS) is 18.2. The standard InChI is InChI=1S/C26H30FN5O/c1-18-11-20(17-32(18)26(33)10-5-19-3-7-24(27)8-4-19)13-29-25-9-6-21(12-22(25)14-28-2)23-15-30-31-16-23/h3-4,6-9,12,14-16,18,20,29H,5,10-11,13,17H2,1-2H3,(H,30,31)/t18-,20-/m0/s1. The molecule has 2 heterocycles. The third-order valence-electron chi connectivity index (χ3n) is 6.26. The zero-order valence-corrected chi connectivity index (χ0v) is 19.1. The minimum Gasteiger partial charge on any atom is -0.384 e. The number of hydrogen-bond acceptors (Lipinski definition) is 4. The van der Waals surface area contributed by atoms with Gasteiger partial charge in [0.1, 0.15) is 5.82 Å². The first-order chi connectivity index (χ1) is 16.0. The molecule has 33 heavy (non-hydrogen) atoms. The van der Waals surface area contributed by atoms with Gasteiger partial charge in [-0.05, 0) is 61.1 Å². The van der Waals surface area contributed by atoms with Crippen LogP contribution in [0.25, 0.3) is 11.1 Å². The van der Waals surface area contributed by atoms with E-state index in [4.69, 9.17) is 0 Å². The number of anilines is 1. The minimum absolute atomic E-state index is 0.164. The lowest BCUT2D eigenvalue weighted by molar-refractivity contribution is -0.131. The summed E-state index contributed by atoms with van der Waals surface area (Å²) in [5, 5.41) is 10.4. The quantitative estimate of drug-likeness (QED) is 0.498. The van der Waals surface area contributed by atoms with Crippen LogP contribution in [0.2, 0.25) is 0 Å². The molecule has 0 spiro atoms. The second kappa shape index (κ2) is 10.4. The number of carbonyl (C=O) groups excluding carboxylic acids is 1. The predicted molar refractivity (Wildman–Crippen MR) is 130 cm³/mol. The van der Waals surface area contributed by atoms with Gasteiger partial charge in [-0.3, -0.25) is 14.9 Å². The van der Waals surface area contributed by atoms with Crippen LogP contribution in [-0.4, -0.2) is 53.4 Å². The fourth-order valence-corrected chi connectivity index (χ4v) is 4.50. The van der Waals surface area contributed by atoms with Crippen molar-refractivity contribution in [2.45, 2.75) is 32.2 Å². The maximum atomic E-state index is 13.1. The fraction of sp³-hybridized carbons (Fsp3) is 0.346. The van der Waals surface area contributed by atoms with Crippen molar-refractivity contribution in [3.63, 3.8) is 0 Å². The molecule has 1 aromatic heterocycles. The first kappa shape index (κ1) is 22.7. The number of hydrogen-bond donors (Lipinski definition) is 2. The maximum absolute atomic E-state index is 13.1. The Bertz CT molecular complexity index is 1090. The molecular formula is C26H30FN5O. The summed E-state index contributed by atoms with van der Waals surface area (Å²) in [4.78, 5) is 19.0. The smallest absolute Gasteiger partial charge is 0.223 e. The van der Waals surface area contributed by atoms with Gasteiger partial charge >= 0.3 is 0 Å². The summed E-state index contributed by atoms with van der Waals surface area (Å²) >= 11 is 0. The molecule has 172 valence electrons. The zero-order chi connectivity index (χ0) is 23.2. The first-order valence-corrected chi connectivity index (χ1v) is 11.4. The summed E-state index contributed by atoms with van der Waals surface area (Å²) in [7, 11) is 1.77. The number of halogens is 1. The van der Waals surface area contributed by atoms with Crippen molar-refractivity contribution in [2.24, 2.45) is 10.9 Å². The maximum Gasteiger partial charge on any atom is 0.223 e. The molecule has 2 aromatic carbocycles. The number of aryl methyl sites for hydroxylation is 1. The molecule has 1 aliphatic heterocycles.